The fourth-order valence-electron chi connectivity index (χ4n) is 4.82. The van der Waals surface area contributed by atoms with E-state index in [0.717, 1.165) is 13.0 Å². The molecule has 1 fully saturated rings. The van der Waals surface area contributed by atoms with Crippen LogP contribution in [-0.4, -0.2) is 70.2 Å². The molecule has 41 heavy (non-hydrogen) atoms. The number of hydrogen-bond donors (Lipinski definition) is 3. The van der Waals surface area contributed by atoms with Gasteiger partial charge in [0.1, 0.15) is 22.5 Å². The smallest absolute Gasteiger partial charge is 0.352 e. The quantitative estimate of drug-likeness (QED) is 0.370. The molecule has 0 spiro atoms. The third kappa shape index (κ3) is 5.57. The van der Waals surface area contributed by atoms with Crippen molar-refractivity contribution in [1.82, 2.24) is 29.9 Å². The summed E-state index contributed by atoms with van der Waals surface area (Å²) in [6.45, 7) is 4.79. The summed E-state index contributed by atoms with van der Waals surface area (Å²) in [6, 6.07) is 2.27. The number of rotatable bonds is 4. The topological polar surface area (TPSA) is 123 Å². The van der Waals surface area contributed by atoms with Crippen LogP contribution in [0.4, 0.5) is 19.0 Å². The van der Waals surface area contributed by atoms with Gasteiger partial charge in [0, 0.05) is 49.7 Å². The summed E-state index contributed by atoms with van der Waals surface area (Å²) in [5, 5.41) is 4.28. The molecule has 218 valence electrons. The number of aromatic nitrogens is 3. The Balaban J connectivity index is 1.27. The van der Waals surface area contributed by atoms with Gasteiger partial charge < -0.3 is 20.1 Å². The normalized spacial score (nSPS) is 19.9. The molecule has 0 radical (unpaired) electrons. The number of aromatic amines is 1. The van der Waals surface area contributed by atoms with E-state index >= 15 is 0 Å². The Kier molecular flexibility index (Phi) is 7.40. The zero-order valence-electron chi connectivity index (χ0n) is 21.8. The third-order valence-corrected chi connectivity index (χ3v) is 9.87. The molecule has 0 bridgehead atoms. The van der Waals surface area contributed by atoms with Crippen LogP contribution in [0, 0.1) is 0 Å². The molecule has 3 N–H and O–H groups in total. The summed E-state index contributed by atoms with van der Waals surface area (Å²) in [6.07, 6.45) is 1.77. The highest BCUT2D eigenvalue weighted by atomic mass is 35.5. The molecule has 1 atom stereocenters. The number of fused-ring (bicyclic) bond motifs is 3. The van der Waals surface area contributed by atoms with Crippen LogP contribution in [0.5, 0.6) is 0 Å². The second kappa shape index (κ2) is 10.4. The molecule has 5 rings (SSSR count). The van der Waals surface area contributed by atoms with Crippen LogP contribution >= 0.6 is 23.8 Å². The van der Waals surface area contributed by atoms with Gasteiger partial charge in [0.15, 0.2) is 5.11 Å². The van der Waals surface area contributed by atoms with Crippen molar-refractivity contribution in [1.29, 1.82) is 0 Å². The summed E-state index contributed by atoms with van der Waals surface area (Å²) >= 11 is 11.6. The van der Waals surface area contributed by atoms with Gasteiger partial charge in [-0.15, -0.1) is 0 Å². The van der Waals surface area contributed by atoms with E-state index in [1.54, 1.807) is 12.2 Å². The lowest BCUT2D eigenvalue weighted by Crippen LogP contribution is -2.52. The number of piperazine rings is 1. The van der Waals surface area contributed by atoms with Gasteiger partial charge in [-0.25, -0.2) is 18.4 Å². The van der Waals surface area contributed by atoms with Crippen LogP contribution < -0.4 is 14.9 Å². The molecule has 1 aliphatic carbocycles. The van der Waals surface area contributed by atoms with E-state index in [4.69, 9.17) is 23.8 Å². The average molecular weight is 628 g/mol. The van der Waals surface area contributed by atoms with Crippen molar-refractivity contribution in [3.8, 4) is 0 Å². The summed E-state index contributed by atoms with van der Waals surface area (Å²) in [7, 11) is -3.90. The van der Waals surface area contributed by atoms with Crippen molar-refractivity contribution in [2.75, 3.05) is 31.1 Å². The molecule has 10 nitrogen and oxygen atoms in total. The summed E-state index contributed by atoms with van der Waals surface area (Å²) < 4.78 is 65.9. The van der Waals surface area contributed by atoms with Gasteiger partial charge in [0.25, 0.3) is 0 Å². The minimum atomic E-state index is -4.59. The number of nitrogens with zero attached hydrogens (tertiary/aromatic N) is 4. The highest BCUT2D eigenvalue weighted by molar-refractivity contribution is 7.91. The number of anilines is 1. The van der Waals surface area contributed by atoms with Gasteiger partial charge in [-0.3, -0.25) is 9.52 Å². The first-order valence-electron chi connectivity index (χ1n) is 12.4. The molecule has 1 amide bonds. The van der Waals surface area contributed by atoms with Crippen molar-refractivity contribution in [3.63, 3.8) is 0 Å². The van der Waals surface area contributed by atoms with Crippen LogP contribution in [-0.2, 0) is 21.0 Å². The zero-order chi connectivity index (χ0) is 29.7. The van der Waals surface area contributed by atoms with E-state index in [1.807, 2.05) is 14.5 Å². The van der Waals surface area contributed by atoms with Gasteiger partial charge >= 0.3 is 6.18 Å². The molecular weight excluding hydrogens is 603 g/mol. The number of allylic oxidation sites excluding steroid dienone is 2. The van der Waals surface area contributed by atoms with Crippen molar-refractivity contribution >= 4 is 72.6 Å². The Hall–Kier alpha value is -3.43. The molecule has 1 saturated heterocycles. The summed E-state index contributed by atoms with van der Waals surface area (Å²) in [4.78, 5) is 26.9. The van der Waals surface area contributed by atoms with E-state index in [-0.39, 0.29) is 11.9 Å². The van der Waals surface area contributed by atoms with E-state index in [1.165, 1.54) is 25.4 Å². The maximum atomic E-state index is 13.4. The number of hydrogen-bond acceptors (Lipinski definition) is 7. The second-order valence-electron chi connectivity index (χ2n) is 10.00. The molecular formula is C25H25ClF3N7O3S2. The number of sulfonamides is 1. The molecule has 1 aliphatic heterocycles. The van der Waals surface area contributed by atoms with Gasteiger partial charge in [-0.05, 0) is 43.8 Å². The molecule has 2 aromatic heterocycles. The molecule has 3 aromatic rings. The molecule has 1 unspecified atom stereocenters. The van der Waals surface area contributed by atoms with Crippen molar-refractivity contribution in [3.05, 3.63) is 53.0 Å². The molecule has 0 saturated carbocycles. The Morgan fingerprint density at radius 1 is 1.20 bits per heavy atom. The average Bonchev–Trinajstić information content (AvgIpc) is 3.26. The van der Waals surface area contributed by atoms with Crippen LogP contribution in [0.2, 0.25) is 5.02 Å². The largest absolute Gasteiger partial charge is 0.417 e. The second-order valence-corrected chi connectivity index (χ2v) is 12.9. The number of benzene rings is 1. The molecule has 2 aliphatic rings. The molecule has 3 heterocycles. The van der Waals surface area contributed by atoms with Crippen LogP contribution in [0.3, 0.4) is 0 Å². The van der Waals surface area contributed by atoms with Crippen molar-refractivity contribution in [2.24, 2.45) is 0 Å². The lowest BCUT2D eigenvalue weighted by atomic mass is 10.0. The van der Waals surface area contributed by atoms with Crippen molar-refractivity contribution < 1.29 is 26.4 Å². The number of halogens is 4. The van der Waals surface area contributed by atoms with Gasteiger partial charge in [0.05, 0.1) is 16.0 Å². The fourth-order valence-corrected chi connectivity index (χ4v) is 6.56. The maximum absolute atomic E-state index is 13.4. The summed E-state index contributed by atoms with van der Waals surface area (Å²) in [5.74, 6) is -0.0761. The Bertz CT molecular complexity index is 1730. The zero-order valence-corrected chi connectivity index (χ0v) is 24.2. The Morgan fingerprint density at radius 3 is 2.51 bits per heavy atom. The lowest BCUT2D eigenvalue weighted by Gasteiger charge is -2.37. The monoisotopic (exact) mass is 627 g/mol. The Morgan fingerprint density at radius 2 is 1.90 bits per heavy atom. The first kappa shape index (κ1) is 29.1. The SMILES string of the molecule is CC(=O)NS(=O)(=O)C1(C)C=CC(NC(=S)N2CCN(c3ncnc4[nH]c5cc(C(F)(F)F)c(Cl)cc5c34)CC2)=CC1. The van der Waals surface area contributed by atoms with Gasteiger partial charge in [0.2, 0.25) is 15.9 Å². The van der Waals surface area contributed by atoms with E-state index in [9.17, 15) is 26.4 Å². The predicted octanol–water partition coefficient (Wildman–Crippen LogP) is 3.85. The highest BCUT2D eigenvalue weighted by Crippen LogP contribution is 2.40. The highest BCUT2D eigenvalue weighted by Gasteiger charge is 2.38. The van der Waals surface area contributed by atoms with Crippen LogP contribution in [0.15, 0.2) is 42.4 Å². The first-order chi connectivity index (χ1) is 19.2. The van der Waals surface area contributed by atoms with E-state index in [0.29, 0.717) is 59.2 Å². The Labute approximate surface area is 243 Å². The summed E-state index contributed by atoms with van der Waals surface area (Å²) in [5.41, 5.74) is 0.379. The van der Waals surface area contributed by atoms with Crippen LogP contribution in [0.25, 0.3) is 21.9 Å². The number of carbonyl (C=O) groups is 1. The number of alkyl halides is 3. The standard InChI is InChI=1S/C25H25ClF3N7O3S2/c1-14(37)34-41(38,39)24(2)5-3-15(4-6-24)32-23(40)36-9-7-35(8-10-36)22-20-16-11-18(26)17(25(27,28)29)12-19(16)33-21(20)30-13-31-22/h3-5,11-13H,6-10H2,1-2H3,(H,32,40)(H,34,37)(H,30,31,33). The predicted molar refractivity (Wildman–Crippen MR) is 154 cm³/mol. The number of thiocarbonyl (C=S) groups is 1. The number of H-pyrrole nitrogens is 1. The van der Waals surface area contributed by atoms with Gasteiger partial charge in [-0.2, -0.15) is 13.2 Å². The number of nitrogens with one attached hydrogen (secondary N) is 3. The van der Waals surface area contributed by atoms with Gasteiger partial charge in [-0.1, -0.05) is 23.8 Å². The number of carbonyl (C=O) groups excluding carboxylic acids is 1. The number of amides is 1. The maximum Gasteiger partial charge on any atom is 0.417 e. The minimum Gasteiger partial charge on any atom is -0.352 e. The van der Waals surface area contributed by atoms with Crippen LogP contribution in [0.1, 0.15) is 25.8 Å². The van der Waals surface area contributed by atoms with Crippen molar-refractivity contribution in [2.45, 2.75) is 31.2 Å². The van der Waals surface area contributed by atoms with E-state index < -0.39 is 37.4 Å². The minimum absolute atomic E-state index is 0.146. The van der Waals surface area contributed by atoms with E-state index in [2.05, 4.69) is 20.3 Å². The molecule has 1 aromatic carbocycles. The fraction of sp³-hybridized carbons (Fsp3) is 0.360. The lowest BCUT2D eigenvalue weighted by molar-refractivity contribution is -0.137. The third-order valence-electron chi connectivity index (χ3n) is 7.11. The molecule has 16 heteroatoms. The first-order valence-corrected chi connectivity index (χ1v) is 14.7.